The molecule has 3 rings (SSSR count). The van der Waals surface area contributed by atoms with Crippen LogP contribution in [0.1, 0.15) is 32.0 Å². The zero-order valence-electron chi connectivity index (χ0n) is 13.0. The fourth-order valence-corrected chi connectivity index (χ4v) is 2.52. The molecule has 0 spiro atoms. The Morgan fingerprint density at radius 2 is 1.95 bits per heavy atom. The molecule has 22 heavy (non-hydrogen) atoms. The number of H-pyrrole nitrogens is 1. The number of ether oxygens (including phenoxy) is 1. The monoisotopic (exact) mass is 314 g/mol. The van der Waals surface area contributed by atoms with E-state index in [1.807, 2.05) is 36.5 Å². The van der Waals surface area contributed by atoms with E-state index in [1.54, 1.807) is 0 Å². The molecule has 1 aromatic carbocycles. The quantitative estimate of drug-likeness (QED) is 0.731. The van der Waals surface area contributed by atoms with Crippen LogP contribution in [0.2, 0.25) is 5.02 Å². The maximum atomic E-state index is 6.33. The van der Waals surface area contributed by atoms with Crippen molar-refractivity contribution in [2.75, 3.05) is 0 Å². The molecule has 0 aliphatic heterocycles. The van der Waals surface area contributed by atoms with E-state index in [9.17, 15) is 0 Å². The molecule has 2 aromatic heterocycles. The van der Waals surface area contributed by atoms with Crippen molar-refractivity contribution in [1.82, 2.24) is 9.97 Å². The van der Waals surface area contributed by atoms with E-state index in [0.29, 0.717) is 17.4 Å². The van der Waals surface area contributed by atoms with Gasteiger partial charge < -0.3 is 9.72 Å². The highest BCUT2D eigenvalue weighted by atomic mass is 35.5. The van der Waals surface area contributed by atoms with Crippen molar-refractivity contribution in [2.45, 2.75) is 32.8 Å². The number of halogens is 1. The third-order valence-corrected chi connectivity index (χ3v) is 3.94. The number of benzene rings is 1. The summed E-state index contributed by atoms with van der Waals surface area (Å²) >= 11 is 6.33. The lowest BCUT2D eigenvalue weighted by atomic mass is 9.87. The summed E-state index contributed by atoms with van der Waals surface area (Å²) in [6.45, 7) is 6.88. The Morgan fingerprint density at radius 1 is 1.14 bits per heavy atom. The van der Waals surface area contributed by atoms with Gasteiger partial charge in [-0.05, 0) is 41.3 Å². The van der Waals surface area contributed by atoms with Gasteiger partial charge in [0.1, 0.15) is 18.0 Å². The van der Waals surface area contributed by atoms with E-state index in [-0.39, 0.29) is 5.41 Å². The molecule has 0 fully saturated rings. The summed E-state index contributed by atoms with van der Waals surface area (Å²) in [4.78, 5) is 7.61. The molecule has 0 saturated heterocycles. The summed E-state index contributed by atoms with van der Waals surface area (Å²) in [5, 5.41) is 1.73. The van der Waals surface area contributed by atoms with Crippen molar-refractivity contribution in [2.24, 2.45) is 0 Å². The Morgan fingerprint density at radius 3 is 2.68 bits per heavy atom. The van der Waals surface area contributed by atoms with Crippen LogP contribution in [0.5, 0.6) is 5.75 Å². The highest BCUT2D eigenvalue weighted by Gasteiger charge is 2.15. The molecule has 114 valence electrons. The zero-order valence-corrected chi connectivity index (χ0v) is 13.7. The maximum absolute atomic E-state index is 6.33. The van der Waals surface area contributed by atoms with Gasteiger partial charge in [0.15, 0.2) is 0 Å². The van der Waals surface area contributed by atoms with Crippen molar-refractivity contribution >= 4 is 22.6 Å². The van der Waals surface area contributed by atoms with E-state index in [4.69, 9.17) is 16.3 Å². The predicted molar refractivity (Wildman–Crippen MR) is 90.6 cm³/mol. The first kappa shape index (κ1) is 14.9. The van der Waals surface area contributed by atoms with Gasteiger partial charge in [-0.3, -0.25) is 0 Å². The van der Waals surface area contributed by atoms with Gasteiger partial charge in [-0.2, -0.15) is 0 Å². The molecular weight excluding hydrogens is 296 g/mol. The van der Waals surface area contributed by atoms with Crippen molar-refractivity contribution in [3.05, 3.63) is 58.9 Å². The Hall–Kier alpha value is -2.00. The molecule has 0 unspecified atom stereocenters. The lowest BCUT2D eigenvalue weighted by Gasteiger charge is -2.20. The summed E-state index contributed by atoms with van der Waals surface area (Å²) in [7, 11) is 0. The number of aromatic nitrogens is 2. The minimum absolute atomic E-state index is 0.0718. The van der Waals surface area contributed by atoms with E-state index in [1.165, 1.54) is 5.56 Å². The first-order valence-corrected chi connectivity index (χ1v) is 7.67. The van der Waals surface area contributed by atoms with Crippen LogP contribution in [0.15, 0.2) is 42.6 Å². The van der Waals surface area contributed by atoms with Gasteiger partial charge in [0, 0.05) is 11.6 Å². The number of pyridine rings is 1. The molecule has 1 N–H and O–H groups in total. The normalized spacial score (nSPS) is 11.8. The standard InChI is InChI=1S/C18H19ClN2O/c1-18(2,3)13-5-7-16(15(19)10-13)22-11-14-6-4-12-8-9-20-17(12)21-14/h4-10H,11H2,1-3H3,(H,20,21). The van der Waals surface area contributed by atoms with Gasteiger partial charge in [-0.15, -0.1) is 0 Å². The second-order valence-electron chi connectivity index (χ2n) is 6.40. The number of nitrogens with zero attached hydrogens (tertiary/aromatic N) is 1. The van der Waals surface area contributed by atoms with Crippen molar-refractivity contribution < 1.29 is 4.74 Å². The van der Waals surface area contributed by atoms with Gasteiger partial charge in [0.2, 0.25) is 0 Å². The largest absolute Gasteiger partial charge is 0.486 e. The molecule has 0 aliphatic carbocycles. The fraction of sp³-hybridized carbons (Fsp3) is 0.278. The molecule has 0 bridgehead atoms. The third kappa shape index (κ3) is 3.09. The van der Waals surface area contributed by atoms with E-state index < -0.39 is 0 Å². The molecule has 4 heteroatoms. The average Bonchev–Trinajstić information content (AvgIpc) is 2.92. The molecule has 0 aliphatic rings. The minimum atomic E-state index is 0.0718. The van der Waals surface area contributed by atoms with Crippen LogP contribution in [0.4, 0.5) is 0 Å². The summed E-state index contributed by atoms with van der Waals surface area (Å²) < 4.78 is 5.81. The molecule has 0 atom stereocenters. The van der Waals surface area contributed by atoms with Crippen LogP contribution in [0.3, 0.4) is 0 Å². The van der Waals surface area contributed by atoms with Crippen LogP contribution in [-0.2, 0) is 12.0 Å². The average molecular weight is 315 g/mol. The Labute approximate surface area is 135 Å². The Balaban J connectivity index is 1.75. The van der Waals surface area contributed by atoms with Gasteiger partial charge in [-0.25, -0.2) is 4.98 Å². The summed E-state index contributed by atoms with van der Waals surface area (Å²) in [5.41, 5.74) is 3.00. The fourth-order valence-electron chi connectivity index (χ4n) is 2.29. The van der Waals surface area contributed by atoms with Crippen LogP contribution < -0.4 is 4.74 Å². The summed E-state index contributed by atoms with van der Waals surface area (Å²) in [6, 6.07) is 11.9. The van der Waals surface area contributed by atoms with Crippen LogP contribution in [-0.4, -0.2) is 9.97 Å². The van der Waals surface area contributed by atoms with Gasteiger partial charge in [0.25, 0.3) is 0 Å². The molecule has 0 radical (unpaired) electrons. The van der Waals surface area contributed by atoms with E-state index in [0.717, 1.165) is 16.7 Å². The van der Waals surface area contributed by atoms with Crippen LogP contribution in [0.25, 0.3) is 11.0 Å². The first-order valence-electron chi connectivity index (χ1n) is 7.29. The third-order valence-electron chi connectivity index (χ3n) is 3.64. The topological polar surface area (TPSA) is 37.9 Å². The van der Waals surface area contributed by atoms with Crippen LogP contribution in [0, 0.1) is 0 Å². The molecule has 3 nitrogen and oxygen atoms in total. The second-order valence-corrected chi connectivity index (χ2v) is 6.81. The van der Waals surface area contributed by atoms with E-state index >= 15 is 0 Å². The van der Waals surface area contributed by atoms with Gasteiger partial charge >= 0.3 is 0 Å². The van der Waals surface area contributed by atoms with Gasteiger partial charge in [-0.1, -0.05) is 38.4 Å². The number of fused-ring (bicyclic) bond motifs is 1. The lowest BCUT2D eigenvalue weighted by molar-refractivity contribution is 0.301. The highest BCUT2D eigenvalue weighted by Crippen LogP contribution is 2.31. The number of hydrogen-bond donors (Lipinski definition) is 1. The van der Waals surface area contributed by atoms with E-state index in [2.05, 4.69) is 36.8 Å². The number of nitrogens with one attached hydrogen (secondary N) is 1. The second kappa shape index (κ2) is 5.65. The molecule has 0 amide bonds. The number of aromatic amines is 1. The smallest absolute Gasteiger partial charge is 0.138 e. The highest BCUT2D eigenvalue weighted by molar-refractivity contribution is 6.32. The maximum Gasteiger partial charge on any atom is 0.138 e. The Bertz CT molecular complexity index is 802. The minimum Gasteiger partial charge on any atom is -0.486 e. The molecular formula is C18H19ClN2O. The van der Waals surface area contributed by atoms with Crippen molar-refractivity contribution in [3.8, 4) is 5.75 Å². The predicted octanol–water partition coefficient (Wildman–Crippen LogP) is 5.09. The lowest BCUT2D eigenvalue weighted by Crippen LogP contribution is -2.11. The molecule has 3 aromatic rings. The number of rotatable bonds is 3. The number of hydrogen-bond acceptors (Lipinski definition) is 2. The molecule has 0 saturated carbocycles. The zero-order chi connectivity index (χ0) is 15.7. The van der Waals surface area contributed by atoms with Gasteiger partial charge in [0.05, 0.1) is 10.7 Å². The van der Waals surface area contributed by atoms with Crippen molar-refractivity contribution in [3.63, 3.8) is 0 Å². The summed E-state index contributed by atoms with van der Waals surface area (Å²) in [5.74, 6) is 0.683. The van der Waals surface area contributed by atoms with Crippen LogP contribution >= 0.6 is 11.6 Å². The van der Waals surface area contributed by atoms with Crippen molar-refractivity contribution in [1.29, 1.82) is 0 Å². The SMILES string of the molecule is CC(C)(C)c1ccc(OCc2ccc3cc[nH]c3n2)c(Cl)c1. The molecule has 2 heterocycles. The Kier molecular flexibility index (Phi) is 3.83. The summed E-state index contributed by atoms with van der Waals surface area (Å²) in [6.07, 6.45) is 1.88. The first-order chi connectivity index (χ1) is 10.4.